The van der Waals surface area contributed by atoms with Crippen molar-refractivity contribution in [2.24, 2.45) is 0 Å². The summed E-state index contributed by atoms with van der Waals surface area (Å²) in [5.41, 5.74) is 0.929. The number of carbonyl (C=O) groups is 2. The van der Waals surface area contributed by atoms with E-state index in [0.717, 1.165) is 18.5 Å². The summed E-state index contributed by atoms with van der Waals surface area (Å²) in [4.78, 5) is 28.2. The Labute approximate surface area is 124 Å². The molecule has 2 atom stereocenters. The largest absolute Gasteiger partial charge is 0.375 e. The summed E-state index contributed by atoms with van der Waals surface area (Å²) in [5, 5.41) is 0. The van der Waals surface area contributed by atoms with Gasteiger partial charge in [0, 0.05) is 25.8 Å². The minimum atomic E-state index is 0.0207. The van der Waals surface area contributed by atoms with Crippen molar-refractivity contribution in [3.8, 4) is 0 Å². The van der Waals surface area contributed by atoms with E-state index in [2.05, 4.69) is 0 Å². The molecule has 2 saturated heterocycles. The van der Waals surface area contributed by atoms with Crippen molar-refractivity contribution in [1.29, 1.82) is 0 Å². The van der Waals surface area contributed by atoms with E-state index in [1.54, 1.807) is 0 Å². The van der Waals surface area contributed by atoms with Crippen molar-refractivity contribution in [3.05, 3.63) is 30.3 Å². The van der Waals surface area contributed by atoms with Gasteiger partial charge >= 0.3 is 0 Å². The van der Waals surface area contributed by atoms with E-state index < -0.39 is 0 Å². The minimum Gasteiger partial charge on any atom is -0.375 e. The van der Waals surface area contributed by atoms with Crippen LogP contribution in [-0.4, -0.2) is 49.1 Å². The van der Waals surface area contributed by atoms with Crippen molar-refractivity contribution in [1.82, 2.24) is 4.90 Å². The van der Waals surface area contributed by atoms with Crippen LogP contribution in [0.2, 0.25) is 0 Å². The first-order chi connectivity index (χ1) is 10.2. The quantitative estimate of drug-likeness (QED) is 0.845. The van der Waals surface area contributed by atoms with Gasteiger partial charge in [0.1, 0.15) is 6.61 Å². The number of fused-ring (bicyclic) bond motifs is 1. The normalized spacial score (nSPS) is 25.1. The maximum Gasteiger partial charge on any atom is 0.248 e. The molecular formula is C16H20N2O3. The maximum atomic E-state index is 12.3. The van der Waals surface area contributed by atoms with E-state index in [1.807, 2.05) is 40.1 Å². The first-order valence-electron chi connectivity index (χ1n) is 7.38. The Morgan fingerprint density at radius 2 is 2.00 bits per heavy atom. The Morgan fingerprint density at radius 3 is 2.71 bits per heavy atom. The number of nitrogens with zero attached hydrogens (tertiary/aromatic N) is 2. The number of amides is 2. The van der Waals surface area contributed by atoms with Gasteiger partial charge in [-0.1, -0.05) is 18.2 Å². The monoisotopic (exact) mass is 288 g/mol. The number of rotatable bonds is 3. The Balaban J connectivity index is 1.84. The van der Waals surface area contributed by atoms with Gasteiger partial charge in [0.05, 0.1) is 12.1 Å². The number of hydrogen-bond acceptors (Lipinski definition) is 3. The Kier molecular flexibility index (Phi) is 3.92. The first-order valence-corrected chi connectivity index (χ1v) is 7.38. The zero-order valence-electron chi connectivity index (χ0n) is 12.2. The number of hydrogen-bond donors (Lipinski definition) is 0. The van der Waals surface area contributed by atoms with E-state index >= 15 is 0 Å². The lowest BCUT2D eigenvalue weighted by Crippen LogP contribution is -2.53. The number of methoxy groups -OCH3 is 1. The highest BCUT2D eigenvalue weighted by Gasteiger charge is 2.45. The summed E-state index contributed by atoms with van der Waals surface area (Å²) < 4.78 is 4.96. The highest BCUT2D eigenvalue weighted by molar-refractivity contribution is 5.95. The van der Waals surface area contributed by atoms with E-state index in [1.165, 1.54) is 7.11 Å². The third-order valence-electron chi connectivity index (χ3n) is 4.39. The molecule has 2 aliphatic heterocycles. The molecule has 1 aromatic carbocycles. The zero-order chi connectivity index (χ0) is 14.8. The molecule has 0 radical (unpaired) electrons. The van der Waals surface area contributed by atoms with Crippen LogP contribution in [-0.2, 0) is 14.3 Å². The summed E-state index contributed by atoms with van der Waals surface area (Å²) in [6.07, 6.45) is 2.08. The van der Waals surface area contributed by atoms with Crippen molar-refractivity contribution in [2.75, 3.05) is 25.2 Å². The van der Waals surface area contributed by atoms with Crippen LogP contribution in [0.1, 0.15) is 19.3 Å². The number of para-hydroxylation sites is 1. The summed E-state index contributed by atoms with van der Waals surface area (Å²) in [5.74, 6) is 0.177. The second kappa shape index (κ2) is 5.85. The van der Waals surface area contributed by atoms with Gasteiger partial charge < -0.3 is 14.5 Å². The molecule has 0 aliphatic carbocycles. The smallest absolute Gasteiger partial charge is 0.248 e. The molecule has 0 bridgehead atoms. The predicted molar refractivity (Wildman–Crippen MR) is 78.9 cm³/mol. The average molecular weight is 288 g/mol. The Bertz CT molecular complexity index is 532. The van der Waals surface area contributed by atoms with Gasteiger partial charge in [0.15, 0.2) is 0 Å². The van der Waals surface area contributed by atoms with Crippen LogP contribution in [0.15, 0.2) is 30.3 Å². The first kappa shape index (κ1) is 14.1. The van der Waals surface area contributed by atoms with E-state index in [0.29, 0.717) is 13.0 Å². The molecule has 0 aromatic heterocycles. The second-order valence-electron chi connectivity index (χ2n) is 5.58. The van der Waals surface area contributed by atoms with Gasteiger partial charge in [-0.25, -0.2) is 0 Å². The lowest BCUT2D eigenvalue weighted by Gasteiger charge is -2.39. The van der Waals surface area contributed by atoms with Gasteiger partial charge in [0.2, 0.25) is 11.8 Å². The average Bonchev–Trinajstić information content (AvgIpc) is 2.92. The Morgan fingerprint density at radius 1 is 1.24 bits per heavy atom. The number of anilines is 1. The predicted octanol–water partition coefficient (Wildman–Crippen LogP) is 1.43. The van der Waals surface area contributed by atoms with Gasteiger partial charge in [-0.3, -0.25) is 9.59 Å². The lowest BCUT2D eigenvalue weighted by atomic mass is 9.95. The molecule has 5 nitrogen and oxygen atoms in total. The summed E-state index contributed by atoms with van der Waals surface area (Å²) in [6, 6.07) is 9.95. The van der Waals surface area contributed by atoms with Crippen molar-refractivity contribution >= 4 is 17.5 Å². The third-order valence-corrected chi connectivity index (χ3v) is 4.39. The molecule has 0 N–H and O–H groups in total. The highest BCUT2D eigenvalue weighted by Crippen LogP contribution is 2.34. The second-order valence-corrected chi connectivity index (χ2v) is 5.58. The van der Waals surface area contributed by atoms with Crippen LogP contribution in [0.3, 0.4) is 0 Å². The number of likely N-dealkylation sites (tertiary alicyclic amines) is 1. The van der Waals surface area contributed by atoms with E-state index in [9.17, 15) is 9.59 Å². The minimum absolute atomic E-state index is 0.0207. The fourth-order valence-corrected chi connectivity index (χ4v) is 3.50. The zero-order valence-corrected chi connectivity index (χ0v) is 12.2. The molecule has 0 spiro atoms. The van der Waals surface area contributed by atoms with Crippen LogP contribution < -0.4 is 4.90 Å². The molecule has 5 heteroatoms. The van der Waals surface area contributed by atoms with Crippen LogP contribution in [0.5, 0.6) is 0 Å². The SMILES string of the molecule is COCC(=O)N1CC[C@H]2[C@@H]1CCC(=O)N2c1ccccc1. The molecule has 2 heterocycles. The fraction of sp³-hybridized carbons (Fsp3) is 0.500. The Hall–Kier alpha value is -1.88. The van der Waals surface area contributed by atoms with Crippen LogP contribution >= 0.6 is 0 Å². The summed E-state index contributed by atoms with van der Waals surface area (Å²) in [7, 11) is 1.53. The summed E-state index contributed by atoms with van der Waals surface area (Å²) >= 11 is 0. The number of piperidine rings is 1. The molecular weight excluding hydrogens is 268 g/mol. The maximum absolute atomic E-state index is 12.3. The topological polar surface area (TPSA) is 49.9 Å². The number of carbonyl (C=O) groups excluding carboxylic acids is 2. The molecule has 1 aromatic rings. The molecule has 112 valence electrons. The molecule has 3 rings (SSSR count). The standard InChI is InChI=1S/C16H20N2O3/c1-21-11-16(20)17-10-9-14-13(17)7-8-15(19)18(14)12-5-3-2-4-6-12/h2-6,13-14H,7-11H2,1H3/t13-,14-/m0/s1. The van der Waals surface area contributed by atoms with Gasteiger partial charge in [-0.15, -0.1) is 0 Å². The number of benzene rings is 1. The molecule has 0 unspecified atom stereocenters. The van der Waals surface area contributed by atoms with Gasteiger partial charge in [-0.2, -0.15) is 0 Å². The number of ether oxygens (including phenoxy) is 1. The van der Waals surface area contributed by atoms with Crippen LogP contribution in [0.4, 0.5) is 5.69 Å². The van der Waals surface area contributed by atoms with E-state index in [4.69, 9.17) is 4.74 Å². The fourth-order valence-electron chi connectivity index (χ4n) is 3.50. The molecule has 2 fully saturated rings. The summed E-state index contributed by atoms with van der Waals surface area (Å²) in [6.45, 7) is 0.816. The molecule has 2 aliphatic rings. The lowest BCUT2D eigenvalue weighted by molar-refractivity contribution is -0.137. The van der Waals surface area contributed by atoms with Crippen molar-refractivity contribution in [3.63, 3.8) is 0 Å². The van der Waals surface area contributed by atoms with Crippen LogP contribution in [0, 0.1) is 0 Å². The highest BCUT2D eigenvalue weighted by atomic mass is 16.5. The third kappa shape index (κ3) is 2.53. The molecule has 21 heavy (non-hydrogen) atoms. The van der Waals surface area contributed by atoms with Gasteiger partial charge in [-0.05, 0) is 25.0 Å². The molecule has 0 saturated carbocycles. The molecule has 2 amide bonds. The van der Waals surface area contributed by atoms with E-state index in [-0.39, 0.29) is 30.5 Å². The van der Waals surface area contributed by atoms with Crippen LogP contribution in [0.25, 0.3) is 0 Å². The van der Waals surface area contributed by atoms with Gasteiger partial charge in [0.25, 0.3) is 0 Å². The van der Waals surface area contributed by atoms with Crippen molar-refractivity contribution in [2.45, 2.75) is 31.3 Å². The van der Waals surface area contributed by atoms with Crippen molar-refractivity contribution < 1.29 is 14.3 Å².